The Morgan fingerprint density at radius 3 is 3.00 bits per heavy atom. The number of aromatic nitrogens is 4. The van der Waals surface area contributed by atoms with E-state index in [-0.39, 0.29) is 0 Å². The summed E-state index contributed by atoms with van der Waals surface area (Å²) in [5.41, 5.74) is 1.77. The second kappa shape index (κ2) is 2.71. The number of thiazole rings is 1. The van der Waals surface area contributed by atoms with Crippen LogP contribution in [0.3, 0.4) is 0 Å². The molecular formula is C5H3BrN4S. The van der Waals surface area contributed by atoms with Crippen LogP contribution in [0.25, 0.3) is 5.82 Å². The number of hydrogen-bond acceptors (Lipinski definition) is 4. The van der Waals surface area contributed by atoms with Crippen molar-refractivity contribution < 1.29 is 0 Å². The molecule has 0 saturated carbocycles. The Balaban J connectivity index is 2.53. The van der Waals surface area contributed by atoms with Crippen LogP contribution in [0.2, 0.25) is 0 Å². The summed E-state index contributed by atoms with van der Waals surface area (Å²) in [5.74, 6) is 0.840. The molecule has 56 valence electrons. The average molecular weight is 231 g/mol. The molecule has 0 aliphatic carbocycles. The van der Waals surface area contributed by atoms with Gasteiger partial charge >= 0.3 is 0 Å². The van der Waals surface area contributed by atoms with E-state index in [1.165, 1.54) is 11.3 Å². The molecule has 0 aliphatic rings. The van der Waals surface area contributed by atoms with E-state index in [1.807, 2.05) is 5.38 Å². The minimum Gasteiger partial charge on any atom is -0.259 e. The Morgan fingerprint density at radius 1 is 1.55 bits per heavy atom. The second-order valence-corrected chi connectivity index (χ2v) is 3.24. The summed E-state index contributed by atoms with van der Waals surface area (Å²) in [6, 6.07) is 0. The molecular weight excluding hydrogens is 228 g/mol. The maximum Gasteiger partial charge on any atom is 0.205 e. The van der Waals surface area contributed by atoms with Crippen molar-refractivity contribution in [1.29, 1.82) is 0 Å². The van der Waals surface area contributed by atoms with Crippen LogP contribution < -0.4 is 0 Å². The molecule has 0 N–H and O–H groups in total. The van der Waals surface area contributed by atoms with Crippen molar-refractivity contribution in [2.24, 2.45) is 0 Å². The summed E-state index contributed by atoms with van der Waals surface area (Å²) in [5, 5.41) is 9.40. The number of hydrogen-bond donors (Lipinski definition) is 0. The van der Waals surface area contributed by atoms with E-state index in [0.29, 0.717) is 4.73 Å². The topological polar surface area (TPSA) is 43.6 Å². The lowest BCUT2D eigenvalue weighted by molar-refractivity contribution is 0.975. The Labute approximate surface area is 75.0 Å². The van der Waals surface area contributed by atoms with Gasteiger partial charge in [0, 0.05) is 5.38 Å². The van der Waals surface area contributed by atoms with Gasteiger partial charge in [0.2, 0.25) is 4.73 Å². The third kappa shape index (κ3) is 1.19. The van der Waals surface area contributed by atoms with Gasteiger partial charge in [-0.2, -0.15) is 0 Å². The molecule has 6 heteroatoms. The lowest BCUT2D eigenvalue weighted by Gasteiger charge is -1.93. The molecule has 2 heterocycles. The maximum absolute atomic E-state index is 4.09. The quantitative estimate of drug-likeness (QED) is 0.746. The van der Waals surface area contributed by atoms with Crippen molar-refractivity contribution in [1.82, 2.24) is 19.7 Å². The number of halogens is 1. The molecule has 11 heavy (non-hydrogen) atoms. The first-order chi connectivity index (χ1) is 5.38. The van der Waals surface area contributed by atoms with Gasteiger partial charge in [-0.3, -0.25) is 4.57 Å². The molecule has 0 unspecified atom stereocenters. The van der Waals surface area contributed by atoms with Gasteiger partial charge < -0.3 is 0 Å². The van der Waals surface area contributed by atoms with Crippen molar-refractivity contribution in [2.45, 2.75) is 0 Å². The number of nitrogens with zero attached hydrogens (tertiary/aromatic N) is 4. The fraction of sp³-hybridized carbons (Fsp3) is 0. The molecule has 2 aromatic heterocycles. The highest BCUT2D eigenvalue weighted by Crippen LogP contribution is 2.12. The second-order valence-electron chi connectivity index (χ2n) is 1.82. The van der Waals surface area contributed by atoms with E-state index in [0.717, 1.165) is 5.82 Å². The number of rotatable bonds is 1. The van der Waals surface area contributed by atoms with E-state index < -0.39 is 0 Å². The molecule has 0 radical (unpaired) electrons. The molecule has 2 rings (SSSR count). The van der Waals surface area contributed by atoms with E-state index in [1.54, 1.807) is 16.4 Å². The van der Waals surface area contributed by atoms with Crippen LogP contribution in [0.15, 0.2) is 22.0 Å². The summed E-state index contributed by atoms with van der Waals surface area (Å²) in [6.45, 7) is 0. The molecule has 0 amide bonds. The Morgan fingerprint density at radius 2 is 2.45 bits per heavy atom. The lowest BCUT2D eigenvalue weighted by Crippen LogP contribution is -1.91. The standard InChI is InChI=1S/C5H3BrN4S/c6-5-9-8-2-10(5)4-1-11-3-7-4/h1-3H. The molecule has 0 saturated heterocycles. The van der Waals surface area contributed by atoms with Crippen LogP contribution in [0, 0.1) is 0 Å². The molecule has 2 aromatic rings. The zero-order chi connectivity index (χ0) is 7.68. The summed E-state index contributed by atoms with van der Waals surface area (Å²) in [7, 11) is 0. The highest BCUT2D eigenvalue weighted by atomic mass is 79.9. The third-order valence-electron chi connectivity index (χ3n) is 1.17. The van der Waals surface area contributed by atoms with Crippen LogP contribution in [0.1, 0.15) is 0 Å². The Kier molecular flexibility index (Phi) is 1.71. The molecule has 4 nitrogen and oxygen atoms in total. The maximum atomic E-state index is 4.09. The van der Waals surface area contributed by atoms with E-state index >= 15 is 0 Å². The minimum atomic E-state index is 0.670. The zero-order valence-electron chi connectivity index (χ0n) is 5.31. The van der Waals surface area contributed by atoms with Gasteiger partial charge in [0.15, 0.2) is 5.82 Å². The van der Waals surface area contributed by atoms with Crippen molar-refractivity contribution in [3.05, 3.63) is 22.0 Å². The van der Waals surface area contributed by atoms with Gasteiger partial charge in [0.1, 0.15) is 6.33 Å². The predicted molar refractivity (Wildman–Crippen MR) is 44.7 cm³/mol. The summed E-state index contributed by atoms with van der Waals surface area (Å²) < 4.78 is 2.43. The Hall–Kier alpha value is -0.750. The Bertz CT molecular complexity index is 341. The summed E-state index contributed by atoms with van der Waals surface area (Å²) >= 11 is 4.78. The third-order valence-corrected chi connectivity index (χ3v) is 2.29. The van der Waals surface area contributed by atoms with Crippen molar-refractivity contribution in [2.75, 3.05) is 0 Å². The first-order valence-electron chi connectivity index (χ1n) is 2.82. The van der Waals surface area contributed by atoms with E-state index in [2.05, 4.69) is 31.1 Å². The van der Waals surface area contributed by atoms with Crippen LogP contribution in [0.5, 0.6) is 0 Å². The van der Waals surface area contributed by atoms with Crippen molar-refractivity contribution in [3.63, 3.8) is 0 Å². The van der Waals surface area contributed by atoms with Crippen LogP contribution in [0.4, 0.5) is 0 Å². The SMILES string of the molecule is Brc1nncn1-c1cscn1. The van der Waals surface area contributed by atoms with Crippen LogP contribution in [-0.4, -0.2) is 19.7 Å². The predicted octanol–water partition coefficient (Wildman–Crippen LogP) is 1.49. The van der Waals surface area contributed by atoms with Crippen LogP contribution in [-0.2, 0) is 0 Å². The minimum absolute atomic E-state index is 0.670. The molecule has 0 aliphatic heterocycles. The zero-order valence-corrected chi connectivity index (χ0v) is 7.71. The van der Waals surface area contributed by atoms with Gasteiger partial charge in [-0.05, 0) is 15.9 Å². The van der Waals surface area contributed by atoms with Gasteiger partial charge in [-0.15, -0.1) is 21.5 Å². The molecule has 0 spiro atoms. The van der Waals surface area contributed by atoms with Gasteiger partial charge in [0.25, 0.3) is 0 Å². The normalized spacial score (nSPS) is 10.3. The monoisotopic (exact) mass is 230 g/mol. The smallest absolute Gasteiger partial charge is 0.205 e. The van der Waals surface area contributed by atoms with Crippen molar-refractivity contribution in [3.8, 4) is 5.82 Å². The average Bonchev–Trinajstić information content (AvgIpc) is 2.55. The largest absolute Gasteiger partial charge is 0.259 e. The fourth-order valence-electron chi connectivity index (χ4n) is 0.700. The van der Waals surface area contributed by atoms with Crippen molar-refractivity contribution >= 4 is 27.3 Å². The summed E-state index contributed by atoms with van der Waals surface area (Å²) in [6.07, 6.45) is 1.61. The van der Waals surface area contributed by atoms with Gasteiger partial charge in [-0.25, -0.2) is 4.98 Å². The lowest BCUT2D eigenvalue weighted by atomic mass is 10.7. The first-order valence-corrected chi connectivity index (χ1v) is 4.55. The summed E-state index contributed by atoms with van der Waals surface area (Å²) in [4.78, 5) is 4.09. The van der Waals surface area contributed by atoms with E-state index in [9.17, 15) is 0 Å². The molecule has 0 aromatic carbocycles. The molecule has 0 atom stereocenters. The highest BCUT2D eigenvalue weighted by Gasteiger charge is 2.02. The van der Waals surface area contributed by atoms with Gasteiger partial charge in [-0.1, -0.05) is 0 Å². The molecule has 0 fully saturated rings. The van der Waals surface area contributed by atoms with Crippen LogP contribution >= 0.6 is 27.3 Å². The highest BCUT2D eigenvalue weighted by molar-refractivity contribution is 9.10. The fourth-order valence-corrected chi connectivity index (χ4v) is 1.59. The first kappa shape index (κ1) is 6.93. The van der Waals surface area contributed by atoms with E-state index in [4.69, 9.17) is 0 Å². The molecule has 0 bridgehead atoms. The van der Waals surface area contributed by atoms with Gasteiger partial charge in [0.05, 0.1) is 5.51 Å².